The van der Waals surface area contributed by atoms with Crippen molar-refractivity contribution in [3.63, 3.8) is 0 Å². The minimum atomic E-state index is -0.0606. The lowest BCUT2D eigenvalue weighted by Gasteiger charge is -2.21. The van der Waals surface area contributed by atoms with E-state index in [1.165, 1.54) is 0 Å². The van der Waals surface area contributed by atoms with Crippen LogP contribution in [-0.2, 0) is 0 Å². The Morgan fingerprint density at radius 2 is 2.06 bits per heavy atom. The standard InChI is InChI=1S/C13H17N3O/c1-10(12-7-8-14-16-12)15-13(9-17)11-5-3-2-4-6-11/h2-8,10,13,15,17H,9H2,1H3,(H,14,16). The third kappa shape index (κ3) is 2.93. The number of hydrogen-bond donors (Lipinski definition) is 3. The van der Waals surface area contributed by atoms with Crippen molar-refractivity contribution in [3.05, 3.63) is 53.9 Å². The summed E-state index contributed by atoms with van der Waals surface area (Å²) in [6.07, 6.45) is 1.73. The van der Waals surface area contributed by atoms with Crippen molar-refractivity contribution in [1.29, 1.82) is 0 Å². The maximum atomic E-state index is 9.44. The van der Waals surface area contributed by atoms with Gasteiger partial charge in [-0.1, -0.05) is 30.3 Å². The average molecular weight is 231 g/mol. The van der Waals surface area contributed by atoms with E-state index in [9.17, 15) is 5.11 Å². The highest BCUT2D eigenvalue weighted by Crippen LogP contribution is 2.17. The van der Waals surface area contributed by atoms with Gasteiger partial charge in [0.15, 0.2) is 0 Å². The van der Waals surface area contributed by atoms with E-state index in [1.54, 1.807) is 6.20 Å². The van der Waals surface area contributed by atoms with Crippen molar-refractivity contribution in [1.82, 2.24) is 15.5 Å². The second-order valence-corrected chi connectivity index (χ2v) is 4.05. The number of rotatable bonds is 5. The molecule has 0 saturated carbocycles. The zero-order valence-corrected chi connectivity index (χ0v) is 9.80. The summed E-state index contributed by atoms with van der Waals surface area (Å²) in [4.78, 5) is 0. The van der Waals surface area contributed by atoms with E-state index >= 15 is 0 Å². The lowest BCUT2D eigenvalue weighted by Crippen LogP contribution is -2.27. The smallest absolute Gasteiger partial charge is 0.0626 e. The fourth-order valence-electron chi connectivity index (χ4n) is 1.84. The number of nitrogens with one attached hydrogen (secondary N) is 2. The molecule has 0 aliphatic heterocycles. The molecule has 2 atom stereocenters. The van der Waals surface area contributed by atoms with Gasteiger partial charge in [0.2, 0.25) is 0 Å². The summed E-state index contributed by atoms with van der Waals surface area (Å²) < 4.78 is 0. The van der Waals surface area contributed by atoms with Crippen LogP contribution in [0.25, 0.3) is 0 Å². The molecule has 0 fully saturated rings. The Bertz CT molecular complexity index is 427. The summed E-state index contributed by atoms with van der Waals surface area (Å²) in [5, 5.41) is 19.6. The summed E-state index contributed by atoms with van der Waals surface area (Å²) in [7, 11) is 0. The molecule has 0 spiro atoms. The van der Waals surface area contributed by atoms with Crippen LogP contribution in [0.15, 0.2) is 42.6 Å². The first-order chi connectivity index (χ1) is 8.31. The molecule has 0 bridgehead atoms. The molecule has 1 aromatic carbocycles. The van der Waals surface area contributed by atoms with E-state index in [1.807, 2.05) is 43.3 Å². The van der Waals surface area contributed by atoms with E-state index < -0.39 is 0 Å². The second kappa shape index (κ2) is 5.61. The molecule has 4 nitrogen and oxygen atoms in total. The maximum absolute atomic E-state index is 9.44. The first kappa shape index (κ1) is 11.8. The lowest BCUT2D eigenvalue weighted by atomic mass is 10.1. The first-order valence-corrected chi connectivity index (χ1v) is 5.72. The Kier molecular flexibility index (Phi) is 3.90. The van der Waals surface area contributed by atoms with Gasteiger partial charge in [-0.15, -0.1) is 0 Å². The normalized spacial score (nSPS) is 14.5. The number of aromatic amines is 1. The SMILES string of the molecule is CC(NC(CO)c1ccccc1)c1ccn[nH]1. The maximum Gasteiger partial charge on any atom is 0.0626 e. The highest BCUT2D eigenvalue weighted by molar-refractivity contribution is 5.19. The molecular formula is C13H17N3O. The molecule has 0 aliphatic rings. The summed E-state index contributed by atoms with van der Waals surface area (Å²) in [5.41, 5.74) is 2.10. The summed E-state index contributed by atoms with van der Waals surface area (Å²) in [6, 6.07) is 11.9. The molecular weight excluding hydrogens is 214 g/mol. The Morgan fingerprint density at radius 1 is 1.29 bits per heavy atom. The van der Waals surface area contributed by atoms with Gasteiger partial charge in [-0.05, 0) is 18.6 Å². The molecule has 4 heteroatoms. The average Bonchev–Trinajstić information content (AvgIpc) is 2.90. The van der Waals surface area contributed by atoms with Gasteiger partial charge in [-0.25, -0.2) is 0 Å². The van der Waals surface area contributed by atoms with Gasteiger partial charge in [-0.3, -0.25) is 10.4 Å². The van der Waals surface area contributed by atoms with Crippen LogP contribution in [-0.4, -0.2) is 21.9 Å². The van der Waals surface area contributed by atoms with Crippen LogP contribution in [0.1, 0.15) is 30.3 Å². The zero-order chi connectivity index (χ0) is 12.1. The van der Waals surface area contributed by atoms with Gasteiger partial charge < -0.3 is 5.11 Å². The van der Waals surface area contributed by atoms with Crippen LogP contribution in [0.2, 0.25) is 0 Å². The van der Waals surface area contributed by atoms with Gasteiger partial charge in [0.05, 0.1) is 18.3 Å². The second-order valence-electron chi connectivity index (χ2n) is 4.05. The van der Waals surface area contributed by atoms with Crippen LogP contribution < -0.4 is 5.32 Å². The molecule has 0 aliphatic carbocycles. The summed E-state index contributed by atoms with van der Waals surface area (Å²) in [5.74, 6) is 0. The molecule has 90 valence electrons. The minimum Gasteiger partial charge on any atom is -0.394 e. The van der Waals surface area contributed by atoms with Gasteiger partial charge in [-0.2, -0.15) is 5.10 Å². The van der Waals surface area contributed by atoms with Crippen molar-refractivity contribution >= 4 is 0 Å². The van der Waals surface area contributed by atoms with Crippen molar-refractivity contribution in [2.75, 3.05) is 6.61 Å². The van der Waals surface area contributed by atoms with Crippen LogP contribution in [0.5, 0.6) is 0 Å². The fourth-order valence-corrected chi connectivity index (χ4v) is 1.84. The summed E-state index contributed by atoms with van der Waals surface area (Å²) >= 11 is 0. The Labute approximate surface area is 101 Å². The number of aromatic nitrogens is 2. The predicted octanol–water partition coefficient (Wildman–Crippen LogP) is 1.79. The van der Waals surface area contributed by atoms with E-state index in [2.05, 4.69) is 15.5 Å². The highest BCUT2D eigenvalue weighted by atomic mass is 16.3. The predicted molar refractivity (Wildman–Crippen MR) is 66.4 cm³/mol. The van der Waals surface area contributed by atoms with E-state index in [-0.39, 0.29) is 18.7 Å². The number of aliphatic hydroxyl groups is 1. The quantitative estimate of drug-likeness (QED) is 0.735. The highest BCUT2D eigenvalue weighted by Gasteiger charge is 2.14. The zero-order valence-electron chi connectivity index (χ0n) is 9.80. The van der Waals surface area contributed by atoms with Crippen molar-refractivity contribution in [3.8, 4) is 0 Å². The number of hydrogen-bond acceptors (Lipinski definition) is 3. The molecule has 17 heavy (non-hydrogen) atoms. The molecule has 2 unspecified atom stereocenters. The first-order valence-electron chi connectivity index (χ1n) is 5.72. The van der Waals surface area contributed by atoms with Crippen LogP contribution in [0.3, 0.4) is 0 Å². The number of aliphatic hydroxyl groups excluding tert-OH is 1. The van der Waals surface area contributed by atoms with Gasteiger partial charge >= 0.3 is 0 Å². The largest absolute Gasteiger partial charge is 0.394 e. The molecule has 0 radical (unpaired) electrons. The Morgan fingerprint density at radius 3 is 2.65 bits per heavy atom. The van der Waals surface area contributed by atoms with E-state index in [0.29, 0.717) is 0 Å². The monoisotopic (exact) mass is 231 g/mol. The van der Waals surface area contributed by atoms with Crippen molar-refractivity contribution in [2.45, 2.75) is 19.0 Å². The Hall–Kier alpha value is -1.65. The van der Waals surface area contributed by atoms with Gasteiger partial charge in [0.1, 0.15) is 0 Å². The fraction of sp³-hybridized carbons (Fsp3) is 0.308. The molecule has 1 heterocycles. The third-order valence-corrected chi connectivity index (χ3v) is 2.82. The topological polar surface area (TPSA) is 60.9 Å². The van der Waals surface area contributed by atoms with E-state index in [4.69, 9.17) is 0 Å². The minimum absolute atomic E-state index is 0.0606. The van der Waals surface area contributed by atoms with Gasteiger partial charge in [0.25, 0.3) is 0 Å². The van der Waals surface area contributed by atoms with Crippen LogP contribution in [0, 0.1) is 0 Å². The molecule has 2 rings (SSSR count). The Balaban J connectivity index is 2.06. The van der Waals surface area contributed by atoms with E-state index in [0.717, 1.165) is 11.3 Å². The van der Waals surface area contributed by atoms with Crippen LogP contribution in [0.4, 0.5) is 0 Å². The molecule has 1 aromatic heterocycles. The lowest BCUT2D eigenvalue weighted by molar-refractivity contribution is 0.235. The molecule has 2 aromatic rings. The molecule has 0 saturated heterocycles. The van der Waals surface area contributed by atoms with Crippen molar-refractivity contribution < 1.29 is 5.11 Å². The summed E-state index contributed by atoms with van der Waals surface area (Å²) in [6.45, 7) is 2.11. The number of nitrogens with zero attached hydrogens (tertiary/aromatic N) is 1. The number of H-pyrrole nitrogens is 1. The third-order valence-electron chi connectivity index (χ3n) is 2.82. The van der Waals surface area contributed by atoms with Crippen molar-refractivity contribution in [2.24, 2.45) is 0 Å². The number of benzene rings is 1. The molecule has 0 amide bonds. The molecule has 3 N–H and O–H groups in total. The van der Waals surface area contributed by atoms with Crippen LogP contribution >= 0.6 is 0 Å². The van der Waals surface area contributed by atoms with Gasteiger partial charge in [0, 0.05) is 12.2 Å².